The lowest BCUT2D eigenvalue weighted by Crippen LogP contribution is -2.15. The van der Waals surface area contributed by atoms with Crippen molar-refractivity contribution in [2.45, 2.75) is 32.5 Å². The van der Waals surface area contributed by atoms with E-state index in [0.717, 1.165) is 0 Å². The van der Waals surface area contributed by atoms with E-state index < -0.39 is 11.0 Å². The molecule has 106 valence electrons. The van der Waals surface area contributed by atoms with Crippen molar-refractivity contribution in [2.75, 3.05) is 13.7 Å². The van der Waals surface area contributed by atoms with Crippen LogP contribution in [0.15, 0.2) is 18.2 Å². The predicted molar refractivity (Wildman–Crippen MR) is 70.3 cm³/mol. The Morgan fingerprint density at radius 3 is 2.63 bits per heavy atom. The van der Waals surface area contributed by atoms with Crippen molar-refractivity contribution in [2.24, 2.45) is 0 Å². The Balaban J connectivity index is 2.90. The Morgan fingerprint density at radius 1 is 1.42 bits per heavy atom. The average molecular weight is 269 g/mol. The fourth-order valence-electron chi connectivity index (χ4n) is 1.64. The number of nitrogens with zero attached hydrogens (tertiary/aromatic N) is 1. The van der Waals surface area contributed by atoms with Gasteiger partial charge in [0.05, 0.1) is 17.1 Å². The van der Waals surface area contributed by atoms with Crippen molar-refractivity contribution < 1.29 is 19.5 Å². The molecule has 6 heteroatoms. The predicted octanol–water partition coefficient (Wildman–Crippen LogP) is 2.45. The largest absolute Gasteiger partial charge is 0.490 e. The molecule has 0 bridgehead atoms. The Bertz CT molecular complexity index is 433. The summed E-state index contributed by atoms with van der Waals surface area (Å²) in [5.74, 6) is 0.462. The van der Waals surface area contributed by atoms with Gasteiger partial charge in [0.15, 0.2) is 0 Å². The number of hydrogen-bond donors (Lipinski definition) is 1. The van der Waals surface area contributed by atoms with Gasteiger partial charge < -0.3 is 14.6 Å². The third-order valence-corrected chi connectivity index (χ3v) is 2.71. The molecule has 0 saturated carbocycles. The molecule has 0 saturated heterocycles. The van der Waals surface area contributed by atoms with E-state index in [1.54, 1.807) is 14.0 Å². The van der Waals surface area contributed by atoms with Crippen molar-refractivity contribution in [3.8, 4) is 5.75 Å². The van der Waals surface area contributed by atoms with Crippen LogP contribution in [0.1, 0.15) is 31.9 Å². The van der Waals surface area contributed by atoms with Crippen molar-refractivity contribution >= 4 is 5.69 Å². The van der Waals surface area contributed by atoms with Crippen molar-refractivity contribution in [1.82, 2.24) is 0 Å². The van der Waals surface area contributed by atoms with Gasteiger partial charge in [-0.05, 0) is 19.9 Å². The summed E-state index contributed by atoms with van der Waals surface area (Å²) in [5.41, 5.74) is 0.353. The molecule has 0 aliphatic heterocycles. The second kappa shape index (κ2) is 7.06. The Kier molecular flexibility index (Phi) is 5.72. The Morgan fingerprint density at radius 2 is 2.11 bits per heavy atom. The lowest BCUT2D eigenvalue weighted by molar-refractivity contribution is -0.385. The smallest absolute Gasteiger partial charge is 0.270 e. The van der Waals surface area contributed by atoms with Gasteiger partial charge in [-0.2, -0.15) is 0 Å². The first-order chi connectivity index (χ1) is 8.95. The summed E-state index contributed by atoms with van der Waals surface area (Å²) in [5, 5.41) is 20.4. The maximum Gasteiger partial charge on any atom is 0.270 e. The normalized spacial score (nSPS) is 13.9. The molecule has 0 spiro atoms. The van der Waals surface area contributed by atoms with Crippen LogP contribution in [-0.2, 0) is 4.74 Å². The van der Waals surface area contributed by atoms with Gasteiger partial charge in [0.2, 0.25) is 0 Å². The fraction of sp³-hybridized carbons (Fsp3) is 0.538. The van der Waals surface area contributed by atoms with Gasteiger partial charge in [0.1, 0.15) is 5.75 Å². The number of aliphatic hydroxyl groups is 1. The summed E-state index contributed by atoms with van der Waals surface area (Å²) < 4.78 is 10.6. The third kappa shape index (κ3) is 4.50. The highest BCUT2D eigenvalue weighted by molar-refractivity contribution is 5.44. The zero-order valence-electron chi connectivity index (χ0n) is 11.3. The number of methoxy groups -OCH3 is 1. The van der Waals surface area contributed by atoms with Gasteiger partial charge in [-0.1, -0.05) is 0 Å². The maximum atomic E-state index is 10.7. The van der Waals surface area contributed by atoms with Gasteiger partial charge in [-0.3, -0.25) is 10.1 Å². The van der Waals surface area contributed by atoms with Crippen LogP contribution in [-0.4, -0.2) is 29.9 Å². The van der Waals surface area contributed by atoms with Crippen LogP contribution in [0.5, 0.6) is 5.75 Å². The molecule has 2 atom stereocenters. The molecular formula is C13H19NO5. The van der Waals surface area contributed by atoms with Crippen LogP contribution in [0.2, 0.25) is 0 Å². The number of hydrogen-bond acceptors (Lipinski definition) is 5. The first-order valence-corrected chi connectivity index (χ1v) is 6.07. The van der Waals surface area contributed by atoms with Gasteiger partial charge >= 0.3 is 0 Å². The number of nitro benzene ring substituents is 1. The SMILES string of the molecule is COCCC(C)Oc1ccc([N+](=O)[O-])cc1[C@@H](C)O. The molecule has 0 radical (unpaired) electrons. The molecule has 1 aromatic carbocycles. The van der Waals surface area contributed by atoms with Crippen molar-refractivity contribution in [1.29, 1.82) is 0 Å². The number of rotatable bonds is 7. The maximum absolute atomic E-state index is 10.7. The minimum absolute atomic E-state index is 0.0622. The fourth-order valence-corrected chi connectivity index (χ4v) is 1.64. The number of non-ortho nitro benzene ring substituents is 1. The first-order valence-electron chi connectivity index (χ1n) is 6.07. The summed E-state index contributed by atoms with van der Waals surface area (Å²) in [6.07, 6.45) is -0.226. The number of nitro groups is 1. The van der Waals surface area contributed by atoms with Crippen LogP contribution in [0, 0.1) is 10.1 Å². The van der Waals surface area contributed by atoms with E-state index in [1.165, 1.54) is 18.2 Å². The topological polar surface area (TPSA) is 81.8 Å². The van der Waals surface area contributed by atoms with Crippen LogP contribution < -0.4 is 4.74 Å². The monoisotopic (exact) mass is 269 g/mol. The standard InChI is InChI=1S/C13H19NO5/c1-9(6-7-18-3)19-13-5-4-11(14(16)17)8-12(13)10(2)15/h4-5,8-10,15H,6-7H2,1-3H3/t9?,10-/m1/s1. The first kappa shape index (κ1) is 15.4. The second-order valence-corrected chi connectivity index (χ2v) is 4.37. The van der Waals surface area contributed by atoms with Crippen LogP contribution in [0.3, 0.4) is 0 Å². The van der Waals surface area contributed by atoms with Gasteiger partial charge in [0, 0.05) is 37.8 Å². The second-order valence-electron chi connectivity index (χ2n) is 4.37. The minimum atomic E-state index is -0.829. The quantitative estimate of drug-likeness (QED) is 0.607. The van der Waals surface area contributed by atoms with Crippen LogP contribution in [0.25, 0.3) is 0 Å². The zero-order chi connectivity index (χ0) is 14.4. The van der Waals surface area contributed by atoms with Gasteiger partial charge in [-0.15, -0.1) is 0 Å². The Hall–Kier alpha value is -1.66. The molecule has 0 amide bonds. The molecule has 6 nitrogen and oxygen atoms in total. The van der Waals surface area contributed by atoms with E-state index in [0.29, 0.717) is 24.3 Å². The van der Waals surface area contributed by atoms with Crippen LogP contribution in [0.4, 0.5) is 5.69 Å². The van der Waals surface area contributed by atoms with E-state index in [1.807, 2.05) is 6.92 Å². The van der Waals surface area contributed by atoms with Crippen molar-refractivity contribution in [3.05, 3.63) is 33.9 Å². The zero-order valence-corrected chi connectivity index (χ0v) is 11.3. The molecule has 0 aliphatic carbocycles. The average Bonchev–Trinajstić information content (AvgIpc) is 2.36. The Labute approximate surface area is 112 Å². The van der Waals surface area contributed by atoms with Crippen molar-refractivity contribution in [3.63, 3.8) is 0 Å². The lowest BCUT2D eigenvalue weighted by atomic mass is 10.1. The molecule has 0 aromatic heterocycles. The molecule has 0 heterocycles. The van der Waals surface area contributed by atoms with E-state index in [9.17, 15) is 15.2 Å². The molecule has 1 unspecified atom stereocenters. The summed E-state index contributed by atoms with van der Waals surface area (Å²) in [6.45, 7) is 4.00. The van der Waals surface area contributed by atoms with E-state index in [2.05, 4.69) is 0 Å². The number of benzene rings is 1. The molecular weight excluding hydrogens is 250 g/mol. The lowest BCUT2D eigenvalue weighted by Gasteiger charge is -2.18. The highest BCUT2D eigenvalue weighted by atomic mass is 16.6. The third-order valence-electron chi connectivity index (χ3n) is 2.71. The minimum Gasteiger partial charge on any atom is -0.490 e. The highest BCUT2D eigenvalue weighted by Gasteiger charge is 2.16. The summed E-state index contributed by atoms with van der Waals surface area (Å²) in [4.78, 5) is 10.2. The van der Waals surface area contributed by atoms with Gasteiger partial charge in [0.25, 0.3) is 5.69 Å². The number of ether oxygens (including phenoxy) is 2. The van der Waals surface area contributed by atoms with E-state index in [4.69, 9.17) is 9.47 Å². The van der Waals surface area contributed by atoms with E-state index >= 15 is 0 Å². The molecule has 1 N–H and O–H groups in total. The number of aliphatic hydroxyl groups excluding tert-OH is 1. The summed E-state index contributed by atoms with van der Waals surface area (Å²) in [7, 11) is 1.61. The highest BCUT2D eigenvalue weighted by Crippen LogP contribution is 2.30. The molecule has 0 aliphatic rings. The molecule has 1 rings (SSSR count). The van der Waals surface area contributed by atoms with E-state index in [-0.39, 0.29) is 11.8 Å². The van der Waals surface area contributed by atoms with Crippen LogP contribution >= 0.6 is 0 Å². The molecule has 0 fully saturated rings. The summed E-state index contributed by atoms with van der Waals surface area (Å²) in [6, 6.07) is 4.22. The summed E-state index contributed by atoms with van der Waals surface area (Å²) >= 11 is 0. The van der Waals surface area contributed by atoms with Gasteiger partial charge in [-0.25, -0.2) is 0 Å². The molecule has 19 heavy (non-hydrogen) atoms. The molecule has 1 aromatic rings.